The molecule has 3 heterocycles. The molecule has 42 heavy (non-hydrogen) atoms. The van der Waals surface area contributed by atoms with Crippen LogP contribution in [0.3, 0.4) is 0 Å². The number of aromatic hydroxyl groups is 1. The molecule has 0 amide bonds. The molecule has 5 rings (SSSR count). The van der Waals surface area contributed by atoms with Crippen LogP contribution in [0.25, 0.3) is 16.9 Å². The molecular formula is C31H34F2N4O5. The average molecular weight is 581 g/mol. The molecule has 0 saturated carbocycles. The second-order valence-corrected chi connectivity index (χ2v) is 11.5. The number of phenolic OH excluding ortho intramolecular Hbond substituents is 1. The molecule has 2 aromatic carbocycles. The highest BCUT2D eigenvalue weighted by Gasteiger charge is 2.34. The Balaban J connectivity index is 1.65. The number of benzene rings is 2. The van der Waals surface area contributed by atoms with Gasteiger partial charge >= 0.3 is 5.97 Å². The predicted molar refractivity (Wildman–Crippen MR) is 151 cm³/mol. The van der Waals surface area contributed by atoms with Crippen molar-refractivity contribution in [2.45, 2.75) is 72.3 Å². The van der Waals surface area contributed by atoms with Crippen molar-refractivity contribution in [3.05, 3.63) is 75.6 Å². The number of fused-ring (bicyclic) bond motifs is 2. The van der Waals surface area contributed by atoms with Gasteiger partial charge in [0.05, 0.1) is 23.6 Å². The minimum Gasteiger partial charge on any atom is -0.508 e. The van der Waals surface area contributed by atoms with Gasteiger partial charge in [0.2, 0.25) is 0 Å². The maximum Gasteiger partial charge on any atom is 0.337 e. The Morgan fingerprint density at radius 2 is 1.95 bits per heavy atom. The van der Waals surface area contributed by atoms with Gasteiger partial charge in [0.1, 0.15) is 11.6 Å². The Labute approximate surface area is 242 Å². The van der Waals surface area contributed by atoms with Crippen molar-refractivity contribution in [3.63, 3.8) is 0 Å². The van der Waals surface area contributed by atoms with Gasteiger partial charge in [0, 0.05) is 53.2 Å². The number of hydrogen-bond donors (Lipinski definition) is 3. The third-order valence-electron chi connectivity index (χ3n) is 7.20. The average Bonchev–Trinajstić information content (AvgIpc) is 3.31. The van der Waals surface area contributed by atoms with Crippen molar-refractivity contribution in [2.75, 3.05) is 6.61 Å². The van der Waals surface area contributed by atoms with Gasteiger partial charge in [-0.25, -0.2) is 23.1 Å². The molecular weight excluding hydrogens is 546 g/mol. The third-order valence-corrected chi connectivity index (χ3v) is 7.20. The SMILES string of the molecule is Cc1nc2cc(CNCc3ccc(F)cc3O)nn2c(-c2cc(F)c3c(c2C)CCCO3)c1C(OC(C)(C)C)C(=O)O. The number of halogens is 2. The van der Waals surface area contributed by atoms with E-state index >= 15 is 4.39 Å². The summed E-state index contributed by atoms with van der Waals surface area (Å²) in [7, 11) is 0. The van der Waals surface area contributed by atoms with Gasteiger partial charge in [-0.3, -0.25) is 0 Å². The van der Waals surface area contributed by atoms with Gasteiger partial charge in [-0.15, -0.1) is 0 Å². The first kappa shape index (κ1) is 29.4. The molecule has 1 aliphatic rings. The van der Waals surface area contributed by atoms with Crippen LogP contribution in [0.15, 0.2) is 30.3 Å². The summed E-state index contributed by atoms with van der Waals surface area (Å²) < 4.78 is 42.1. The normalized spacial score (nSPS) is 14.1. The fourth-order valence-electron chi connectivity index (χ4n) is 5.34. The summed E-state index contributed by atoms with van der Waals surface area (Å²) in [6, 6.07) is 6.93. The van der Waals surface area contributed by atoms with E-state index in [-0.39, 0.29) is 30.2 Å². The zero-order valence-corrected chi connectivity index (χ0v) is 24.2. The number of aromatic nitrogens is 3. The number of phenols is 1. The molecule has 0 saturated heterocycles. The first-order chi connectivity index (χ1) is 19.8. The lowest BCUT2D eigenvalue weighted by Gasteiger charge is -2.28. The van der Waals surface area contributed by atoms with Crippen molar-refractivity contribution in [2.24, 2.45) is 0 Å². The minimum absolute atomic E-state index is 0.158. The largest absolute Gasteiger partial charge is 0.508 e. The molecule has 0 aliphatic carbocycles. The van der Waals surface area contributed by atoms with Crippen LogP contribution in [0.4, 0.5) is 8.78 Å². The number of ether oxygens (including phenoxy) is 2. The van der Waals surface area contributed by atoms with Gasteiger partial charge in [-0.2, -0.15) is 5.10 Å². The van der Waals surface area contributed by atoms with E-state index in [9.17, 15) is 19.4 Å². The van der Waals surface area contributed by atoms with Crippen molar-refractivity contribution < 1.29 is 33.3 Å². The number of rotatable bonds is 8. The van der Waals surface area contributed by atoms with E-state index in [0.717, 1.165) is 23.6 Å². The number of nitrogens with zero attached hydrogens (tertiary/aromatic N) is 3. The molecule has 11 heteroatoms. The van der Waals surface area contributed by atoms with Crippen LogP contribution in [0.5, 0.6) is 11.5 Å². The minimum atomic E-state index is -1.40. The number of carboxylic acids is 1. The van der Waals surface area contributed by atoms with Crippen LogP contribution in [0, 0.1) is 25.5 Å². The van der Waals surface area contributed by atoms with Crippen molar-refractivity contribution >= 4 is 11.6 Å². The van der Waals surface area contributed by atoms with Crippen LogP contribution in [-0.4, -0.2) is 43.0 Å². The summed E-state index contributed by atoms with van der Waals surface area (Å²) >= 11 is 0. The maximum absolute atomic E-state index is 15.5. The summed E-state index contributed by atoms with van der Waals surface area (Å²) in [5, 5.41) is 28.3. The fraction of sp³-hybridized carbons (Fsp3) is 0.387. The van der Waals surface area contributed by atoms with Gasteiger partial charge in [-0.1, -0.05) is 6.07 Å². The lowest BCUT2D eigenvalue weighted by Crippen LogP contribution is -2.29. The number of hydrogen-bond acceptors (Lipinski definition) is 7. The van der Waals surface area contributed by atoms with E-state index in [4.69, 9.17) is 14.6 Å². The van der Waals surface area contributed by atoms with E-state index in [0.29, 0.717) is 46.9 Å². The summed E-state index contributed by atoms with van der Waals surface area (Å²) in [5.74, 6) is -2.20. The molecule has 1 atom stereocenters. The van der Waals surface area contributed by atoms with Crippen molar-refractivity contribution in [1.82, 2.24) is 19.9 Å². The first-order valence-electron chi connectivity index (χ1n) is 13.8. The highest BCUT2D eigenvalue weighted by Crippen LogP contribution is 2.41. The highest BCUT2D eigenvalue weighted by molar-refractivity contribution is 5.82. The molecule has 0 fully saturated rings. The predicted octanol–water partition coefficient (Wildman–Crippen LogP) is 5.55. The number of nitrogens with one attached hydrogen (secondary N) is 1. The Morgan fingerprint density at radius 3 is 2.64 bits per heavy atom. The van der Waals surface area contributed by atoms with Gasteiger partial charge < -0.3 is 25.0 Å². The smallest absolute Gasteiger partial charge is 0.337 e. The van der Waals surface area contributed by atoms with E-state index in [1.807, 2.05) is 6.92 Å². The Kier molecular flexibility index (Phi) is 7.91. The van der Waals surface area contributed by atoms with Crippen LogP contribution in [-0.2, 0) is 29.0 Å². The molecule has 0 bridgehead atoms. The van der Waals surface area contributed by atoms with E-state index in [1.165, 1.54) is 22.7 Å². The van der Waals surface area contributed by atoms with Gasteiger partial charge in [-0.05, 0) is 65.2 Å². The van der Waals surface area contributed by atoms with Crippen molar-refractivity contribution in [1.29, 1.82) is 0 Å². The molecule has 3 N–H and O–H groups in total. The zero-order valence-electron chi connectivity index (χ0n) is 24.2. The molecule has 0 radical (unpaired) electrons. The van der Waals surface area contributed by atoms with E-state index < -0.39 is 29.3 Å². The molecule has 0 spiro atoms. The molecule has 222 valence electrons. The fourth-order valence-corrected chi connectivity index (χ4v) is 5.34. The molecule has 9 nitrogen and oxygen atoms in total. The van der Waals surface area contributed by atoms with Gasteiger partial charge in [0.15, 0.2) is 23.3 Å². The van der Waals surface area contributed by atoms with Crippen molar-refractivity contribution in [3.8, 4) is 22.8 Å². The molecule has 2 aromatic heterocycles. The Morgan fingerprint density at radius 1 is 1.19 bits per heavy atom. The van der Waals surface area contributed by atoms with Crippen LogP contribution in [0.1, 0.15) is 66.9 Å². The molecule has 1 aliphatic heterocycles. The van der Waals surface area contributed by atoms with Crippen LogP contribution >= 0.6 is 0 Å². The summed E-state index contributed by atoms with van der Waals surface area (Å²) in [6.07, 6.45) is -0.0424. The summed E-state index contributed by atoms with van der Waals surface area (Å²) in [4.78, 5) is 17.3. The number of aryl methyl sites for hydroxylation is 1. The topological polar surface area (TPSA) is 118 Å². The first-order valence-corrected chi connectivity index (χ1v) is 13.8. The standard InChI is InChI=1S/C31H34F2N4O5/c1-16-21-7-6-10-41-28(21)23(33)13-22(16)27-26(29(30(39)40)42-31(3,4)5)17(2)35-25-12-20(36-37(25)27)15-34-14-18-8-9-19(32)11-24(18)38/h8-9,11-13,29,34,38H,6-7,10,14-15H2,1-5H3,(H,39,40). The number of carbonyl (C=O) groups is 1. The zero-order chi connectivity index (χ0) is 30.3. The summed E-state index contributed by atoms with van der Waals surface area (Å²) in [5.41, 5.74) is 3.78. The lowest BCUT2D eigenvalue weighted by molar-refractivity contribution is -0.160. The number of carboxylic acid groups (broad SMARTS) is 1. The van der Waals surface area contributed by atoms with Crippen LogP contribution in [0.2, 0.25) is 0 Å². The lowest BCUT2D eigenvalue weighted by atomic mass is 9.91. The monoisotopic (exact) mass is 580 g/mol. The summed E-state index contributed by atoms with van der Waals surface area (Å²) in [6.45, 7) is 9.81. The maximum atomic E-state index is 15.5. The third kappa shape index (κ3) is 5.79. The molecule has 1 unspecified atom stereocenters. The van der Waals surface area contributed by atoms with E-state index in [2.05, 4.69) is 10.3 Å². The Bertz CT molecular complexity index is 1680. The second kappa shape index (κ2) is 11.3. The Hall–Kier alpha value is -4.09. The highest BCUT2D eigenvalue weighted by atomic mass is 19.1. The van der Waals surface area contributed by atoms with Gasteiger partial charge in [0.25, 0.3) is 0 Å². The number of aliphatic carboxylic acids is 1. The quantitative estimate of drug-likeness (QED) is 0.248. The second-order valence-electron chi connectivity index (χ2n) is 11.5. The van der Waals surface area contributed by atoms with E-state index in [1.54, 1.807) is 33.8 Å². The molecule has 4 aromatic rings. The van der Waals surface area contributed by atoms with Crippen LogP contribution < -0.4 is 10.1 Å².